The van der Waals surface area contributed by atoms with Gasteiger partial charge in [-0.05, 0) is 6.07 Å². The summed E-state index contributed by atoms with van der Waals surface area (Å²) >= 11 is 5.36. The molecule has 0 spiro atoms. The van der Waals surface area contributed by atoms with Gasteiger partial charge < -0.3 is 5.11 Å². The molecule has 44 valence electrons. The molecule has 1 aromatic rings. The molecule has 2 nitrogen and oxygen atoms in total. The van der Waals surface area contributed by atoms with Gasteiger partial charge in [-0.1, -0.05) is 17.1 Å². The van der Waals surface area contributed by atoms with Gasteiger partial charge >= 0.3 is 0 Å². The highest BCUT2D eigenvalue weighted by Gasteiger charge is 1.95. The van der Waals surface area contributed by atoms with Crippen LogP contribution in [0, 0.1) is 0 Å². The van der Waals surface area contributed by atoms with Gasteiger partial charge in [-0.15, -0.1) is 0 Å². The van der Waals surface area contributed by atoms with E-state index < -0.39 is 0 Å². The third-order valence-corrected chi connectivity index (χ3v) is 1.13. The second-order valence-corrected chi connectivity index (χ2v) is 1.94. The van der Waals surface area contributed by atoms with Gasteiger partial charge in [-0.25, -0.2) is 4.98 Å². The molecule has 1 heterocycles. The van der Waals surface area contributed by atoms with Crippen LogP contribution >= 0.6 is 11.6 Å². The lowest BCUT2D eigenvalue weighted by Crippen LogP contribution is -2.01. The molecule has 0 aromatic carbocycles. The number of hydrogen-bond donors (Lipinski definition) is 1. The Kier molecular flexibility index (Phi) is 1.62. The van der Waals surface area contributed by atoms with E-state index in [-0.39, 0.29) is 10.9 Å². The second kappa shape index (κ2) is 2.27. The Morgan fingerprint density at radius 3 is 2.78 bits per heavy atom. The lowest BCUT2D eigenvalue weighted by atomic mass is 9.99. The summed E-state index contributed by atoms with van der Waals surface area (Å²) < 4.78 is 0. The Morgan fingerprint density at radius 2 is 2.33 bits per heavy atom. The Hall–Kier alpha value is -0.695. The smallest absolute Gasteiger partial charge is 0.170 e. The number of halogens is 1. The standard InChI is InChI=1S/C5H3BClNO/c6-3-1-4(9)5(7)8-2-3/h1-2,9H. The molecule has 1 aromatic heterocycles. The molecule has 0 aliphatic carbocycles. The molecule has 1 rings (SSSR count). The topological polar surface area (TPSA) is 33.1 Å². The molecule has 0 unspecified atom stereocenters. The van der Waals surface area contributed by atoms with Gasteiger partial charge in [0, 0.05) is 6.20 Å². The van der Waals surface area contributed by atoms with Crippen molar-refractivity contribution in [2.75, 3.05) is 0 Å². The third-order valence-electron chi connectivity index (χ3n) is 0.842. The Morgan fingerprint density at radius 1 is 1.67 bits per heavy atom. The monoisotopic (exact) mass is 139 g/mol. The summed E-state index contributed by atoms with van der Waals surface area (Å²) in [6.45, 7) is 0. The fourth-order valence-electron chi connectivity index (χ4n) is 0.452. The largest absolute Gasteiger partial charge is 0.505 e. The zero-order valence-electron chi connectivity index (χ0n) is 4.50. The summed E-state index contributed by atoms with van der Waals surface area (Å²) in [7, 11) is 5.25. The molecule has 0 bridgehead atoms. The molecule has 2 radical (unpaired) electrons. The number of pyridine rings is 1. The fraction of sp³-hybridized carbons (Fsp3) is 0. The van der Waals surface area contributed by atoms with Crippen LogP contribution in [0.4, 0.5) is 0 Å². The van der Waals surface area contributed by atoms with E-state index in [0.29, 0.717) is 5.46 Å². The maximum Gasteiger partial charge on any atom is 0.170 e. The van der Waals surface area contributed by atoms with Crippen LogP contribution in [0.1, 0.15) is 0 Å². The molecule has 0 saturated carbocycles. The van der Waals surface area contributed by atoms with E-state index in [4.69, 9.17) is 24.6 Å². The van der Waals surface area contributed by atoms with Crippen LogP contribution in [0.25, 0.3) is 0 Å². The van der Waals surface area contributed by atoms with Gasteiger partial charge in [-0.3, -0.25) is 0 Å². The van der Waals surface area contributed by atoms with Crippen molar-refractivity contribution in [1.82, 2.24) is 4.98 Å². The first-order chi connectivity index (χ1) is 4.20. The molecular weight excluding hydrogens is 136 g/mol. The summed E-state index contributed by atoms with van der Waals surface area (Å²) in [5.74, 6) is -0.0864. The highest BCUT2D eigenvalue weighted by molar-refractivity contribution is 6.34. The van der Waals surface area contributed by atoms with Crippen LogP contribution in [-0.4, -0.2) is 17.9 Å². The van der Waals surface area contributed by atoms with Crippen molar-refractivity contribution >= 4 is 24.9 Å². The highest BCUT2D eigenvalue weighted by Crippen LogP contribution is 2.15. The van der Waals surface area contributed by atoms with Gasteiger partial charge in [-0.2, -0.15) is 0 Å². The normalized spacial score (nSPS) is 9.44. The summed E-state index contributed by atoms with van der Waals surface area (Å²) in [6.07, 6.45) is 1.38. The van der Waals surface area contributed by atoms with Crippen molar-refractivity contribution in [3.8, 4) is 5.75 Å². The Labute approximate surface area is 58.9 Å². The van der Waals surface area contributed by atoms with Gasteiger partial charge in [0.15, 0.2) is 10.9 Å². The maximum absolute atomic E-state index is 8.83. The minimum Gasteiger partial charge on any atom is -0.505 e. The minimum atomic E-state index is -0.0864. The average molecular weight is 139 g/mol. The van der Waals surface area contributed by atoms with E-state index in [1.807, 2.05) is 0 Å². The van der Waals surface area contributed by atoms with E-state index in [0.717, 1.165) is 0 Å². The first kappa shape index (κ1) is 6.43. The molecule has 0 aliphatic rings. The van der Waals surface area contributed by atoms with Crippen LogP contribution in [0.2, 0.25) is 5.15 Å². The maximum atomic E-state index is 8.83. The van der Waals surface area contributed by atoms with Gasteiger partial charge in [0.05, 0.1) is 0 Å². The average Bonchev–Trinajstić information content (AvgIpc) is 1.80. The van der Waals surface area contributed by atoms with E-state index in [2.05, 4.69) is 4.98 Å². The highest BCUT2D eigenvalue weighted by atomic mass is 35.5. The van der Waals surface area contributed by atoms with Crippen molar-refractivity contribution in [3.63, 3.8) is 0 Å². The predicted molar refractivity (Wildman–Crippen MR) is 36.3 cm³/mol. The SMILES string of the molecule is [B]c1cnc(Cl)c(O)c1. The molecule has 4 heteroatoms. The Bertz CT molecular complexity index is 228. The first-order valence-electron chi connectivity index (χ1n) is 2.30. The minimum absolute atomic E-state index is 0.0733. The Balaban J connectivity index is 3.17. The summed E-state index contributed by atoms with van der Waals surface area (Å²) in [6, 6.07) is 1.34. The zero-order chi connectivity index (χ0) is 6.85. The van der Waals surface area contributed by atoms with Crippen molar-refractivity contribution in [3.05, 3.63) is 17.4 Å². The summed E-state index contributed by atoms with van der Waals surface area (Å²) in [4.78, 5) is 3.57. The molecule has 0 saturated heterocycles. The van der Waals surface area contributed by atoms with E-state index in [9.17, 15) is 0 Å². The van der Waals surface area contributed by atoms with Gasteiger partial charge in [0.1, 0.15) is 7.85 Å². The number of nitrogens with zero attached hydrogens (tertiary/aromatic N) is 1. The van der Waals surface area contributed by atoms with Crippen LogP contribution in [-0.2, 0) is 0 Å². The molecule has 1 N–H and O–H groups in total. The van der Waals surface area contributed by atoms with E-state index in [1.165, 1.54) is 12.3 Å². The lowest BCUT2D eigenvalue weighted by Gasteiger charge is -1.94. The van der Waals surface area contributed by atoms with Gasteiger partial charge in [0.2, 0.25) is 0 Å². The van der Waals surface area contributed by atoms with Crippen molar-refractivity contribution in [1.29, 1.82) is 0 Å². The van der Waals surface area contributed by atoms with Gasteiger partial charge in [0.25, 0.3) is 0 Å². The lowest BCUT2D eigenvalue weighted by molar-refractivity contribution is 0.473. The molecule has 0 aliphatic heterocycles. The number of aromatic nitrogens is 1. The quantitative estimate of drug-likeness (QED) is 0.412. The first-order valence-corrected chi connectivity index (χ1v) is 2.68. The second-order valence-electron chi connectivity index (χ2n) is 1.58. The summed E-state index contributed by atoms with van der Waals surface area (Å²) in [5, 5.41) is 8.90. The number of hydrogen-bond acceptors (Lipinski definition) is 2. The van der Waals surface area contributed by atoms with Crippen LogP contribution in [0.5, 0.6) is 5.75 Å². The third kappa shape index (κ3) is 1.36. The molecular formula is C5H3BClNO. The van der Waals surface area contributed by atoms with Crippen LogP contribution < -0.4 is 5.46 Å². The molecule has 0 atom stereocenters. The van der Waals surface area contributed by atoms with Crippen LogP contribution in [0.3, 0.4) is 0 Å². The zero-order valence-corrected chi connectivity index (χ0v) is 5.26. The van der Waals surface area contributed by atoms with E-state index >= 15 is 0 Å². The van der Waals surface area contributed by atoms with Crippen molar-refractivity contribution in [2.45, 2.75) is 0 Å². The molecule has 0 fully saturated rings. The molecule has 9 heavy (non-hydrogen) atoms. The van der Waals surface area contributed by atoms with Crippen molar-refractivity contribution < 1.29 is 5.11 Å². The number of rotatable bonds is 0. The predicted octanol–water partition coefficient (Wildman–Crippen LogP) is 0.234. The fourth-order valence-corrected chi connectivity index (χ4v) is 0.555. The van der Waals surface area contributed by atoms with Crippen molar-refractivity contribution in [2.24, 2.45) is 0 Å². The molecule has 0 amide bonds. The van der Waals surface area contributed by atoms with E-state index in [1.54, 1.807) is 0 Å². The van der Waals surface area contributed by atoms with Crippen LogP contribution in [0.15, 0.2) is 12.3 Å². The summed E-state index contributed by atoms with van der Waals surface area (Å²) in [5.41, 5.74) is 0.400. The number of aromatic hydroxyl groups is 1.